The molecule has 0 N–H and O–H groups in total. The van der Waals surface area contributed by atoms with E-state index in [9.17, 15) is 9.59 Å². The molecule has 2 amide bonds. The molecule has 4 aliphatic rings. The summed E-state index contributed by atoms with van der Waals surface area (Å²) >= 11 is 0. The minimum Gasteiger partial charge on any atom is -0.368 e. The predicted octanol–water partition coefficient (Wildman–Crippen LogP) is 2.19. The van der Waals surface area contributed by atoms with E-state index in [1.54, 1.807) is 6.92 Å². The number of fused-ring (bicyclic) bond motifs is 1. The van der Waals surface area contributed by atoms with Gasteiger partial charge in [0.15, 0.2) is 0 Å². The molecule has 2 aliphatic heterocycles. The molecule has 0 aromatic heterocycles. The lowest BCUT2D eigenvalue weighted by Gasteiger charge is -2.54. The Morgan fingerprint density at radius 3 is 2.38 bits per heavy atom. The van der Waals surface area contributed by atoms with Crippen molar-refractivity contribution in [3.8, 4) is 0 Å². The molecule has 2 aliphatic carbocycles. The van der Waals surface area contributed by atoms with E-state index in [1.807, 2.05) is 0 Å². The largest absolute Gasteiger partial charge is 0.368 e. The standard InChI is InChI=1S/C19H30N2O3/c1-12-11-20(19(23)18-4-3-9-24-18)17-10-15(14-5-6-14)7-8-16(17)21(12)13(2)22/h12,14-18H,3-11H2,1-2H3/t12-,15?,16?,17?,18?/m0/s1. The number of nitrogens with zero attached hydrogens (tertiary/aromatic N) is 2. The topological polar surface area (TPSA) is 49.9 Å². The molecule has 0 aromatic carbocycles. The minimum absolute atomic E-state index is 0.103. The summed E-state index contributed by atoms with van der Waals surface area (Å²) in [6.45, 7) is 5.13. The van der Waals surface area contributed by atoms with Crippen molar-refractivity contribution < 1.29 is 14.3 Å². The van der Waals surface area contributed by atoms with Crippen LogP contribution in [0.15, 0.2) is 0 Å². The molecule has 0 spiro atoms. The van der Waals surface area contributed by atoms with Gasteiger partial charge in [-0.2, -0.15) is 0 Å². The first-order valence-corrected chi connectivity index (χ1v) is 9.77. The van der Waals surface area contributed by atoms with Crippen molar-refractivity contribution in [2.24, 2.45) is 11.8 Å². The van der Waals surface area contributed by atoms with Crippen LogP contribution < -0.4 is 0 Å². The van der Waals surface area contributed by atoms with Crippen LogP contribution >= 0.6 is 0 Å². The molecule has 5 nitrogen and oxygen atoms in total. The molecule has 0 aromatic rings. The van der Waals surface area contributed by atoms with E-state index < -0.39 is 0 Å². The highest BCUT2D eigenvalue weighted by Gasteiger charge is 2.49. The highest BCUT2D eigenvalue weighted by atomic mass is 16.5. The first-order chi connectivity index (χ1) is 11.6. The van der Waals surface area contributed by atoms with Gasteiger partial charge in [-0.15, -0.1) is 0 Å². The van der Waals surface area contributed by atoms with Gasteiger partial charge in [-0.1, -0.05) is 0 Å². The Labute approximate surface area is 144 Å². The third kappa shape index (κ3) is 2.85. The van der Waals surface area contributed by atoms with Crippen LogP contribution in [0.3, 0.4) is 0 Å². The molecule has 4 fully saturated rings. The quantitative estimate of drug-likeness (QED) is 0.778. The summed E-state index contributed by atoms with van der Waals surface area (Å²) in [5.41, 5.74) is 0. The highest BCUT2D eigenvalue weighted by molar-refractivity contribution is 5.82. The van der Waals surface area contributed by atoms with E-state index in [0.29, 0.717) is 13.2 Å². The minimum atomic E-state index is -0.247. The van der Waals surface area contributed by atoms with Crippen LogP contribution in [0.4, 0.5) is 0 Å². The van der Waals surface area contributed by atoms with Crippen LogP contribution in [0.1, 0.15) is 58.8 Å². The number of hydrogen-bond donors (Lipinski definition) is 0. The van der Waals surface area contributed by atoms with Crippen LogP contribution in [0.5, 0.6) is 0 Å². The zero-order valence-corrected chi connectivity index (χ0v) is 14.9. The summed E-state index contributed by atoms with van der Waals surface area (Å²) < 4.78 is 5.67. The van der Waals surface area contributed by atoms with E-state index in [2.05, 4.69) is 16.7 Å². The van der Waals surface area contributed by atoms with Gasteiger partial charge in [0.05, 0.1) is 12.1 Å². The van der Waals surface area contributed by atoms with Crippen molar-refractivity contribution >= 4 is 11.8 Å². The molecule has 24 heavy (non-hydrogen) atoms. The second-order valence-electron chi connectivity index (χ2n) is 8.31. The smallest absolute Gasteiger partial charge is 0.252 e. The van der Waals surface area contributed by atoms with E-state index >= 15 is 0 Å². The number of rotatable bonds is 2. The lowest BCUT2D eigenvalue weighted by Crippen LogP contribution is -2.67. The Hall–Kier alpha value is -1.10. The van der Waals surface area contributed by atoms with Gasteiger partial charge in [-0.05, 0) is 63.7 Å². The molecule has 5 heteroatoms. The maximum atomic E-state index is 13.1. The summed E-state index contributed by atoms with van der Waals surface area (Å²) in [6, 6.07) is 0.499. The molecular formula is C19H30N2O3. The first kappa shape index (κ1) is 16.4. The Morgan fingerprint density at radius 1 is 1.00 bits per heavy atom. The molecule has 2 heterocycles. The normalized spacial score (nSPS) is 39.7. The average molecular weight is 334 g/mol. The third-order valence-electron chi connectivity index (χ3n) is 6.66. The van der Waals surface area contributed by atoms with Crippen molar-refractivity contribution in [3.63, 3.8) is 0 Å². The van der Waals surface area contributed by atoms with Gasteiger partial charge in [-0.25, -0.2) is 0 Å². The number of ether oxygens (including phenoxy) is 1. The molecule has 2 saturated heterocycles. The molecule has 134 valence electrons. The van der Waals surface area contributed by atoms with Gasteiger partial charge in [0.1, 0.15) is 6.10 Å². The lowest BCUT2D eigenvalue weighted by atomic mass is 9.76. The maximum Gasteiger partial charge on any atom is 0.252 e. The van der Waals surface area contributed by atoms with Crippen LogP contribution in [0.25, 0.3) is 0 Å². The summed E-state index contributed by atoms with van der Waals surface area (Å²) in [4.78, 5) is 29.4. The number of hydrogen-bond acceptors (Lipinski definition) is 3. The van der Waals surface area contributed by atoms with Gasteiger partial charge in [0.2, 0.25) is 5.91 Å². The zero-order valence-electron chi connectivity index (χ0n) is 14.9. The number of carbonyl (C=O) groups excluding carboxylic acids is 2. The van der Waals surface area contributed by atoms with Gasteiger partial charge in [0.25, 0.3) is 5.91 Å². The number of amides is 2. The van der Waals surface area contributed by atoms with Crippen LogP contribution in [0, 0.1) is 11.8 Å². The van der Waals surface area contributed by atoms with Crippen LogP contribution in [-0.4, -0.2) is 59.0 Å². The van der Waals surface area contributed by atoms with Gasteiger partial charge in [0, 0.05) is 26.1 Å². The summed E-state index contributed by atoms with van der Waals surface area (Å²) in [5, 5.41) is 0. The predicted molar refractivity (Wildman–Crippen MR) is 90.3 cm³/mol. The van der Waals surface area contributed by atoms with E-state index in [-0.39, 0.29) is 36.0 Å². The molecule has 0 bridgehead atoms. The van der Waals surface area contributed by atoms with Gasteiger partial charge in [-0.3, -0.25) is 9.59 Å². The summed E-state index contributed by atoms with van der Waals surface area (Å²) in [6.07, 6.45) is 7.63. The van der Waals surface area contributed by atoms with E-state index in [0.717, 1.165) is 37.5 Å². The highest BCUT2D eigenvalue weighted by Crippen LogP contribution is 2.47. The van der Waals surface area contributed by atoms with Crippen LogP contribution in [0.2, 0.25) is 0 Å². The van der Waals surface area contributed by atoms with Gasteiger partial charge >= 0.3 is 0 Å². The third-order valence-corrected chi connectivity index (χ3v) is 6.66. The first-order valence-electron chi connectivity index (χ1n) is 9.77. The maximum absolute atomic E-state index is 13.1. The van der Waals surface area contributed by atoms with Crippen molar-refractivity contribution in [2.45, 2.75) is 83.0 Å². The molecule has 0 radical (unpaired) electrons. The van der Waals surface area contributed by atoms with Crippen molar-refractivity contribution in [1.82, 2.24) is 9.80 Å². The molecular weight excluding hydrogens is 304 g/mol. The van der Waals surface area contributed by atoms with Crippen molar-refractivity contribution in [3.05, 3.63) is 0 Å². The Kier molecular flexibility index (Phi) is 4.31. The summed E-state index contributed by atoms with van der Waals surface area (Å²) in [7, 11) is 0. The Balaban J connectivity index is 1.57. The zero-order chi connectivity index (χ0) is 16.8. The van der Waals surface area contributed by atoms with E-state index in [1.165, 1.54) is 19.3 Å². The monoisotopic (exact) mass is 334 g/mol. The lowest BCUT2D eigenvalue weighted by molar-refractivity contribution is -0.160. The van der Waals surface area contributed by atoms with Gasteiger partial charge < -0.3 is 14.5 Å². The van der Waals surface area contributed by atoms with Crippen molar-refractivity contribution in [1.29, 1.82) is 0 Å². The Morgan fingerprint density at radius 2 is 1.75 bits per heavy atom. The fourth-order valence-corrected chi connectivity index (χ4v) is 5.41. The number of carbonyl (C=O) groups is 2. The molecule has 4 unspecified atom stereocenters. The second-order valence-corrected chi connectivity index (χ2v) is 8.31. The SMILES string of the molecule is CC(=O)N1C2CCC(C3CC3)CC2N(C(=O)C2CCCO2)C[C@@H]1C. The number of piperazine rings is 1. The van der Waals surface area contributed by atoms with Crippen molar-refractivity contribution in [2.75, 3.05) is 13.2 Å². The Bertz CT molecular complexity index is 513. The average Bonchev–Trinajstić information content (AvgIpc) is 3.27. The molecule has 5 atom stereocenters. The van der Waals surface area contributed by atoms with E-state index in [4.69, 9.17) is 4.74 Å². The molecule has 4 rings (SSSR count). The second kappa shape index (κ2) is 6.32. The van der Waals surface area contributed by atoms with Crippen LogP contribution in [-0.2, 0) is 14.3 Å². The fourth-order valence-electron chi connectivity index (χ4n) is 5.41. The summed E-state index contributed by atoms with van der Waals surface area (Å²) in [5.74, 6) is 1.95. The molecule has 2 saturated carbocycles. The fraction of sp³-hybridized carbons (Fsp3) is 0.895.